The molecule has 1 aliphatic rings. The lowest BCUT2D eigenvalue weighted by molar-refractivity contribution is 0.0939. The van der Waals surface area contributed by atoms with Crippen molar-refractivity contribution in [3.05, 3.63) is 71.3 Å². The molecule has 1 aromatic heterocycles. The Kier molecular flexibility index (Phi) is 5.05. The zero-order valence-electron chi connectivity index (χ0n) is 15.6. The highest BCUT2D eigenvalue weighted by Gasteiger charge is 2.20. The molecule has 0 unspecified atom stereocenters. The summed E-state index contributed by atoms with van der Waals surface area (Å²) in [5.41, 5.74) is 3.70. The van der Waals surface area contributed by atoms with E-state index in [0.29, 0.717) is 18.1 Å². The Hall–Kier alpha value is -2.88. The second-order valence-electron chi connectivity index (χ2n) is 7.25. The lowest BCUT2D eigenvalue weighted by atomic mass is 10.1. The summed E-state index contributed by atoms with van der Waals surface area (Å²) in [6, 6.07) is 18.0. The van der Waals surface area contributed by atoms with Gasteiger partial charge in [0.15, 0.2) is 0 Å². The summed E-state index contributed by atoms with van der Waals surface area (Å²) in [6.07, 6.45) is 4.50. The van der Waals surface area contributed by atoms with Crippen molar-refractivity contribution in [1.82, 2.24) is 10.3 Å². The van der Waals surface area contributed by atoms with Gasteiger partial charge in [0.2, 0.25) is 5.88 Å². The number of aromatic nitrogens is 1. The first-order valence-corrected chi connectivity index (χ1v) is 9.58. The first-order valence-electron chi connectivity index (χ1n) is 9.58. The first kappa shape index (κ1) is 17.5. The summed E-state index contributed by atoms with van der Waals surface area (Å²) < 4.78 is 5.91. The Morgan fingerprint density at radius 2 is 1.85 bits per heavy atom. The summed E-state index contributed by atoms with van der Waals surface area (Å²) in [6.45, 7) is 2.49. The topological polar surface area (TPSA) is 51.2 Å². The van der Waals surface area contributed by atoms with Crippen LogP contribution in [0.5, 0.6) is 5.88 Å². The average Bonchev–Trinajstić information content (AvgIpc) is 3.20. The molecule has 1 fully saturated rings. The lowest BCUT2D eigenvalue weighted by Gasteiger charge is -2.14. The van der Waals surface area contributed by atoms with Gasteiger partial charge in [0.05, 0.1) is 11.1 Å². The van der Waals surface area contributed by atoms with E-state index in [1.165, 1.54) is 18.4 Å². The minimum atomic E-state index is -0.0410. The van der Waals surface area contributed by atoms with Crippen LogP contribution < -0.4 is 10.1 Å². The number of pyridine rings is 1. The first-order chi connectivity index (χ1) is 13.2. The van der Waals surface area contributed by atoms with E-state index >= 15 is 0 Å². The van der Waals surface area contributed by atoms with Crippen molar-refractivity contribution in [1.29, 1.82) is 0 Å². The van der Waals surface area contributed by atoms with E-state index in [1.807, 2.05) is 36.4 Å². The number of nitrogens with one attached hydrogen (secondary N) is 1. The van der Waals surface area contributed by atoms with Crippen LogP contribution in [0, 0.1) is 6.92 Å². The van der Waals surface area contributed by atoms with E-state index in [-0.39, 0.29) is 11.9 Å². The molecule has 3 aromatic rings. The van der Waals surface area contributed by atoms with Crippen molar-refractivity contribution in [2.24, 2.45) is 0 Å². The minimum absolute atomic E-state index is 0.0410. The number of hydrogen-bond acceptors (Lipinski definition) is 3. The predicted molar refractivity (Wildman–Crippen MR) is 107 cm³/mol. The largest absolute Gasteiger partial charge is 0.473 e. The molecule has 0 aliphatic heterocycles. The fourth-order valence-electron chi connectivity index (χ4n) is 3.59. The van der Waals surface area contributed by atoms with Gasteiger partial charge >= 0.3 is 0 Å². The Morgan fingerprint density at radius 1 is 1.11 bits per heavy atom. The Bertz CT molecular complexity index is 944. The summed E-state index contributed by atoms with van der Waals surface area (Å²) in [4.78, 5) is 17.5. The molecule has 1 saturated carbocycles. The molecule has 4 rings (SSSR count). The number of nitrogens with zero attached hydrogens (tertiary/aromatic N) is 1. The van der Waals surface area contributed by atoms with Gasteiger partial charge in [-0.05, 0) is 31.4 Å². The number of hydrogen-bond donors (Lipinski definition) is 1. The van der Waals surface area contributed by atoms with Crippen LogP contribution in [0.15, 0.2) is 54.6 Å². The molecule has 0 radical (unpaired) electrons. The molecular formula is C23H24N2O2. The van der Waals surface area contributed by atoms with Gasteiger partial charge in [-0.2, -0.15) is 0 Å². The minimum Gasteiger partial charge on any atom is -0.473 e. The fraction of sp³-hybridized carbons (Fsp3) is 0.304. The highest BCUT2D eigenvalue weighted by atomic mass is 16.5. The second-order valence-corrected chi connectivity index (χ2v) is 7.25. The molecule has 1 N–H and O–H groups in total. The van der Waals surface area contributed by atoms with Crippen LogP contribution in [0.4, 0.5) is 0 Å². The summed E-state index contributed by atoms with van der Waals surface area (Å²) in [5.74, 6) is 0.437. The van der Waals surface area contributed by atoms with Crippen LogP contribution in [0.3, 0.4) is 0 Å². The summed E-state index contributed by atoms with van der Waals surface area (Å²) in [5, 5.41) is 4.03. The number of carbonyl (C=O) groups is 1. The van der Waals surface area contributed by atoms with Crippen molar-refractivity contribution in [3.63, 3.8) is 0 Å². The van der Waals surface area contributed by atoms with Gasteiger partial charge in [-0.15, -0.1) is 0 Å². The van der Waals surface area contributed by atoms with E-state index in [4.69, 9.17) is 4.74 Å². The smallest absolute Gasteiger partial charge is 0.252 e. The molecule has 0 bridgehead atoms. The molecule has 4 nitrogen and oxygen atoms in total. The molecule has 1 heterocycles. The second kappa shape index (κ2) is 7.78. The maximum atomic E-state index is 12.9. The van der Waals surface area contributed by atoms with Crippen molar-refractivity contribution < 1.29 is 9.53 Å². The zero-order chi connectivity index (χ0) is 18.6. The monoisotopic (exact) mass is 360 g/mol. The third-order valence-electron chi connectivity index (χ3n) is 5.14. The van der Waals surface area contributed by atoms with Gasteiger partial charge in [0.25, 0.3) is 5.91 Å². The van der Waals surface area contributed by atoms with E-state index in [0.717, 1.165) is 29.3 Å². The SMILES string of the molecule is Cc1ccc(COc2cc(C(=O)NC3CCCC3)c3ccccc3n2)cc1. The van der Waals surface area contributed by atoms with Crippen molar-refractivity contribution >= 4 is 16.8 Å². The lowest BCUT2D eigenvalue weighted by Crippen LogP contribution is -2.32. The van der Waals surface area contributed by atoms with E-state index in [2.05, 4.69) is 29.4 Å². The molecule has 1 aliphatic carbocycles. The molecule has 1 amide bonds. The predicted octanol–water partition coefficient (Wildman–Crippen LogP) is 4.79. The Labute approximate surface area is 159 Å². The standard InChI is InChI=1S/C23H24N2O2/c1-16-10-12-17(13-11-16)15-27-22-14-20(19-8-4-5-9-21(19)25-22)23(26)24-18-6-2-3-7-18/h4-5,8-14,18H,2-3,6-7,15H2,1H3,(H,24,26). The van der Waals surface area contributed by atoms with Gasteiger partial charge in [-0.25, -0.2) is 4.98 Å². The van der Waals surface area contributed by atoms with Crippen molar-refractivity contribution in [2.75, 3.05) is 0 Å². The number of para-hydroxylation sites is 1. The highest BCUT2D eigenvalue weighted by molar-refractivity contribution is 6.06. The van der Waals surface area contributed by atoms with Gasteiger partial charge in [-0.1, -0.05) is 60.9 Å². The van der Waals surface area contributed by atoms with Crippen LogP contribution >= 0.6 is 0 Å². The number of rotatable bonds is 5. The number of ether oxygens (including phenoxy) is 1. The van der Waals surface area contributed by atoms with Gasteiger partial charge in [-0.3, -0.25) is 4.79 Å². The maximum Gasteiger partial charge on any atom is 0.252 e. The summed E-state index contributed by atoms with van der Waals surface area (Å²) >= 11 is 0. The Balaban J connectivity index is 1.59. The number of aryl methyl sites for hydroxylation is 1. The quantitative estimate of drug-likeness (QED) is 0.711. The number of amides is 1. The fourth-order valence-corrected chi connectivity index (χ4v) is 3.59. The number of fused-ring (bicyclic) bond motifs is 1. The number of carbonyl (C=O) groups excluding carboxylic acids is 1. The third-order valence-corrected chi connectivity index (χ3v) is 5.14. The molecule has 4 heteroatoms. The van der Waals surface area contributed by atoms with Crippen molar-refractivity contribution in [3.8, 4) is 5.88 Å². The van der Waals surface area contributed by atoms with Gasteiger partial charge in [0.1, 0.15) is 6.61 Å². The van der Waals surface area contributed by atoms with E-state index < -0.39 is 0 Å². The molecule has 0 atom stereocenters. The maximum absolute atomic E-state index is 12.9. The van der Waals surface area contributed by atoms with Crippen LogP contribution in [0.1, 0.15) is 47.2 Å². The van der Waals surface area contributed by atoms with Gasteiger partial charge in [0, 0.05) is 17.5 Å². The van der Waals surface area contributed by atoms with E-state index in [1.54, 1.807) is 6.07 Å². The molecular weight excluding hydrogens is 336 g/mol. The molecule has 0 spiro atoms. The number of benzene rings is 2. The van der Waals surface area contributed by atoms with Crippen LogP contribution in [0.2, 0.25) is 0 Å². The van der Waals surface area contributed by atoms with Gasteiger partial charge < -0.3 is 10.1 Å². The molecule has 2 aromatic carbocycles. The molecule has 0 saturated heterocycles. The van der Waals surface area contributed by atoms with Crippen LogP contribution in [-0.2, 0) is 6.61 Å². The summed E-state index contributed by atoms with van der Waals surface area (Å²) in [7, 11) is 0. The Morgan fingerprint density at radius 3 is 2.63 bits per heavy atom. The highest BCUT2D eigenvalue weighted by Crippen LogP contribution is 2.24. The average molecular weight is 360 g/mol. The van der Waals surface area contributed by atoms with Crippen LogP contribution in [0.25, 0.3) is 10.9 Å². The third kappa shape index (κ3) is 4.11. The van der Waals surface area contributed by atoms with E-state index in [9.17, 15) is 4.79 Å². The normalized spacial score (nSPS) is 14.4. The van der Waals surface area contributed by atoms with Crippen molar-refractivity contribution in [2.45, 2.75) is 45.3 Å². The zero-order valence-corrected chi connectivity index (χ0v) is 15.6. The van der Waals surface area contributed by atoms with Crippen LogP contribution in [-0.4, -0.2) is 16.9 Å². The molecule has 138 valence electrons. The molecule has 27 heavy (non-hydrogen) atoms.